The Morgan fingerprint density at radius 2 is 2.11 bits per heavy atom. The summed E-state index contributed by atoms with van der Waals surface area (Å²) >= 11 is 0. The SMILES string of the molecule is CCCOc1cc(/C=N\N=C(N)N)ccc1OC. The zero-order valence-corrected chi connectivity index (χ0v) is 10.6. The molecule has 1 rings (SSSR count). The van der Waals surface area contributed by atoms with Crippen LogP contribution < -0.4 is 20.9 Å². The lowest BCUT2D eigenvalue weighted by Crippen LogP contribution is -2.21. The second kappa shape index (κ2) is 7.16. The molecule has 0 saturated heterocycles. The predicted octanol–water partition coefficient (Wildman–Crippen LogP) is 1.09. The lowest BCUT2D eigenvalue weighted by molar-refractivity contribution is 0.294. The molecule has 4 N–H and O–H groups in total. The maximum absolute atomic E-state index is 5.57. The first-order chi connectivity index (χ1) is 8.67. The van der Waals surface area contributed by atoms with Crippen molar-refractivity contribution in [2.75, 3.05) is 13.7 Å². The number of hydrogen-bond acceptors (Lipinski definition) is 4. The van der Waals surface area contributed by atoms with E-state index in [1.54, 1.807) is 7.11 Å². The highest BCUT2D eigenvalue weighted by molar-refractivity contribution is 5.82. The monoisotopic (exact) mass is 250 g/mol. The van der Waals surface area contributed by atoms with Crippen LogP contribution in [0.5, 0.6) is 11.5 Å². The van der Waals surface area contributed by atoms with Crippen LogP contribution in [0.4, 0.5) is 0 Å². The Balaban J connectivity index is 2.88. The van der Waals surface area contributed by atoms with Gasteiger partial charge in [0.05, 0.1) is 19.9 Å². The van der Waals surface area contributed by atoms with Gasteiger partial charge in [-0.15, -0.1) is 5.10 Å². The number of benzene rings is 1. The molecule has 0 bridgehead atoms. The van der Waals surface area contributed by atoms with Crippen LogP contribution in [-0.2, 0) is 0 Å². The summed E-state index contributed by atoms with van der Waals surface area (Å²) in [4.78, 5) is 0. The van der Waals surface area contributed by atoms with Crippen LogP contribution in [0.1, 0.15) is 18.9 Å². The quantitative estimate of drug-likeness (QED) is 0.449. The highest BCUT2D eigenvalue weighted by Gasteiger charge is 2.04. The Morgan fingerprint density at radius 1 is 1.33 bits per heavy atom. The average Bonchev–Trinajstić information content (AvgIpc) is 2.36. The van der Waals surface area contributed by atoms with E-state index in [-0.39, 0.29) is 5.96 Å². The predicted molar refractivity (Wildman–Crippen MR) is 72.2 cm³/mol. The molecule has 0 unspecified atom stereocenters. The summed E-state index contributed by atoms with van der Waals surface area (Å²) in [5, 5.41) is 7.26. The summed E-state index contributed by atoms with van der Waals surface area (Å²) in [7, 11) is 1.60. The molecule has 0 aliphatic heterocycles. The number of rotatable bonds is 6. The molecular weight excluding hydrogens is 232 g/mol. The molecule has 6 nitrogen and oxygen atoms in total. The second-order valence-electron chi connectivity index (χ2n) is 3.53. The molecule has 0 spiro atoms. The van der Waals surface area contributed by atoms with Crippen molar-refractivity contribution < 1.29 is 9.47 Å². The van der Waals surface area contributed by atoms with Crippen LogP contribution in [0.25, 0.3) is 0 Å². The van der Waals surface area contributed by atoms with Crippen molar-refractivity contribution in [2.45, 2.75) is 13.3 Å². The fourth-order valence-corrected chi connectivity index (χ4v) is 1.26. The molecule has 98 valence electrons. The Labute approximate surface area is 106 Å². The molecule has 0 aliphatic carbocycles. The van der Waals surface area contributed by atoms with Crippen molar-refractivity contribution in [1.29, 1.82) is 0 Å². The number of guanidine groups is 1. The Bertz CT molecular complexity index is 440. The summed E-state index contributed by atoms with van der Waals surface area (Å²) in [5.41, 5.74) is 11.2. The van der Waals surface area contributed by atoms with Crippen molar-refractivity contribution in [3.05, 3.63) is 23.8 Å². The van der Waals surface area contributed by atoms with Crippen LogP contribution in [0.15, 0.2) is 28.4 Å². The van der Waals surface area contributed by atoms with Gasteiger partial charge >= 0.3 is 0 Å². The van der Waals surface area contributed by atoms with Crippen LogP contribution in [-0.4, -0.2) is 25.9 Å². The summed E-state index contributed by atoms with van der Waals surface area (Å²) in [6, 6.07) is 5.46. The molecule has 0 fully saturated rings. The summed E-state index contributed by atoms with van der Waals surface area (Å²) in [6.45, 7) is 2.67. The molecule has 1 aromatic carbocycles. The van der Waals surface area contributed by atoms with Crippen LogP contribution in [0.2, 0.25) is 0 Å². The van der Waals surface area contributed by atoms with Gasteiger partial charge < -0.3 is 20.9 Å². The number of nitrogens with zero attached hydrogens (tertiary/aromatic N) is 2. The van der Waals surface area contributed by atoms with Gasteiger partial charge in [0.2, 0.25) is 5.96 Å². The third-order valence-corrected chi connectivity index (χ3v) is 2.03. The molecule has 0 amide bonds. The van der Waals surface area contributed by atoms with E-state index < -0.39 is 0 Å². The molecule has 1 aromatic rings. The lowest BCUT2D eigenvalue weighted by atomic mass is 10.2. The number of ether oxygens (including phenoxy) is 2. The number of methoxy groups -OCH3 is 1. The Kier molecular flexibility index (Phi) is 5.50. The molecule has 6 heteroatoms. The van der Waals surface area contributed by atoms with E-state index in [0.29, 0.717) is 18.1 Å². The first-order valence-corrected chi connectivity index (χ1v) is 5.60. The van der Waals surface area contributed by atoms with E-state index in [4.69, 9.17) is 20.9 Å². The average molecular weight is 250 g/mol. The number of hydrogen-bond donors (Lipinski definition) is 2. The first kappa shape index (κ1) is 13.8. The molecule has 0 aromatic heterocycles. The summed E-state index contributed by atoms with van der Waals surface area (Å²) in [5.74, 6) is 1.28. The van der Waals surface area contributed by atoms with Crippen molar-refractivity contribution in [3.8, 4) is 11.5 Å². The largest absolute Gasteiger partial charge is 0.493 e. The smallest absolute Gasteiger partial charge is 0.211 e. The van der Waals surface area contributed by atoms with Crippen LogP contribution in [0, 0.1) is 0 Å². The van der Waals surface area contributed by atoms with Gasteiger partial charge in [0.1, 0.15) is 0 Å². The summed E-state index contributed by atoms with van der Waals surface area (Å²) < 4.78 is 10.8. The molecular formula is C12H18N4O2. The lowest BCUT2D eigenvalue weighted by Gasteiger charge is -2.10. The highest BCUT2D eigenvalue weighted by atomic mass is 16.5. The third kappa shape index (κ3) is 4.32. The Hall–Kier alpha value is -2.24. The fourth-order valence-electron chi connectivity index (χ4n) is 1.26. The van der Waals surface area contributed by atoms with Gasteiger partial charge in [-0.05, 0) is 30.2 Å². The minimum Gasteiger partial charge on any atom is -0.493 e. The van der Waals surface area contributed by atoms with E-state index >= 15 is 0 Å². The molecule has 18 heavy (non-hydrogen) atoms. The van der Waals surface area contributed by atoms with Gasteiger partial charge in [-0.2, -0.15) is 5.10 Å². The molecule has 0 saturated carbocycles. The van der Waals surface area contributed by atoms with E-state index in [1.807, 2.05) is 25.1 Å². The minimum atomic E-state index is -0.0813. The van der Waals surface area contributed by atoms with Gasteiger partial charge in [-0.1, -0.05) is 6.92 Å². The number of nitrogens with two attached hydrogens (primary N) is 2. The maximum Gasteiger partial charge on any atom is 0.211 e. The Morgan fingerprint density at radius 3 is 2.72 bits per heavy atom. The minimum absolute atomic E-state index is 0.0813. The van der Waals surface area contributed by atoms with Crippen molar-refractivity contribution in [2.24, 2.45) is 21.7 Å². The van der Waals surface area contributed by atoms with Crippen molar-refractivity contribution >= 4 is 12.2 Å². The van der Waals surface area contributed by atoms with Crippen LogP contribution >= 0.6 is 0 Å². The van der Waals surface area contributed by atoms with E-state index in [0.717, 1.165) is 12.0 Å². The van der Waals surface area contributed by atoms with Gasteiger partial charge in [-0.25, -0.2) is 0 Å². The summed E-state index contributed by atoms with van der Waals surface area (Å²) in [6.07, 6.45) is 2.47. The van der Waals surface area contributed by atoms with Crippen LogP contribution in [0.3, 0.4) is 0 Å². The molecule has 0 aliphatic rings. The third-order valence-electron chi connectivity index (χ3n) is 2.03. The van der Waals surface area contributed by atoms with Gasteiger partial charge in [-0.3, -0.25) is 0 Å². The molecule has 0 atom stereocenters. The van der Waals surface area contributed by atoms with E-state index in [2.05, 4.69) is 10.2 Å². The van der Waals surface area contributed by atoms with E-state index in [9.17, 15) is 0 Å². The normalized spacial score (nSPS) is 10.3. The maximum atomic E-state index is 5.57. The van der Waals surface area contributed by atoms with Crippen molar-refractivity contribution in [1.82, 2.24) is 0 Å². The zero-order chi connectivity index (χ0) is 13.4. The van der Waals surface area contributed by atoms with Gasteiger partial charge in [0.15, 0.2) is 11.5 Å². The van der Waals surface area contributed by atoms with Crippen molar-refractivity contribution in [3.63, 3.8) is 0 Å². The standard InChI is InChI=1S/C12H18N4O2/c1-3-6-18-11-7-9(4-5-10(11)17-2)8-15-16-12(13)14/h4-5,7-8H,3,6H2,1-2H3,(H4,13,14,16)/b15-8-. The second-order valence-corrected chi connectivity index (χ2v) is 3.53. The fraction of sp³-hybridized carbons (Fsp3) is 0.333. The zero-order valence-electron chi connectivity index (χ0n) is 10.6. The highest BCUT2D eigenvalue weighted by Crippen LogP contribution is 2.27. The van der Waals surface area contributed by atoms with Gasteiger partial charge in [0, 0.05) is 0 Å². The van der Waals surface area contributed by atoms with Gasteiger partial charge in [0.25, 0.3) is 0 Å². The topological polar surface area (TPSA) is 95.2 Å². The van der Waals surface area contributed by atoms with E-state index in [1.165, 1.54) is 6.21 Å². The molecule has 0 radical (unpaired) electrons. The first-order valence-electron chi connectivity index (χ1n) is 5.60. The molecule has 0 heterocycles.